The van der Waals surface area contributed by atoms with Crippen LogP contribution < -0.4 is 9.47 Å². The number of carbonyl (C=O) groups excluding carboxylic acids is 1. The SMILES string of the molecule is CN1C2CCCC1CC(C(=O)c1ccc3c(c1)OCCO3)C2. The van der Waals surface area contributed by atoms with Crippen molar-refractivity contribution in [1.29, 1.82) is 0 Å². The number of piperidine rings is 2. The van der Waals surface area contributed by atoms with Crippen LogP contribution in [0, 0.1) is 5.92 Å². The second-order valence-corrected chi connectivity index (χ2v) is 6.80. The summed E-state index contributed by atoms with van der Waals surface area (Å²) in [4.78, 5) is 15.4. The highest BCUT2D eigenvalue weighted by Gasteiger charge is 2.38. The van der Waals surface area contributed by atoms with Gasteiger partial charge >= 0.3 is 0 Å². The quantitative estimate of drug-likeness (QED) is 0.787. The van der Waals surface area contributed by atoms with Crippen LogP contribution in [0.4, 0.5) is 0 Å². The third kappa shape index (κ3) is 2.39. The maximum Gasteiger partial charge on any atom is 0.166 e. The zero-order chi connectivity index (χ0) is 15.1. The first-order valence-corrected chi connectivity index (χ1v) is 8.38. The molecule has 2 fully saturated rings. The molecule has 2 saturated heterocycles. The van der Waals surface area contributed by atoms with Crippen molar-refractivity contribution in [3.63, 3.8) is 0 Å². The normalized spacial score (nSPS) is 30.9. The van der Waals surface area contributed by atoms with Crippen molar-refractivity contribution in [2.75, 3.05) is 20.3 Å². The van der Waals surface area contributed by atoms with Crippen molar-refractivity contribution in [1.82, 2.24) is 4.90 Å². The van der Waals surface area contributed by atoms with Crippen LogP contribution in [0.15, 0.2) is 18.2 Å². The lowest BCUT2D eigenvalue weighted by atomic mass is 9.76. The second-order valence-electron chi connectivity index (χ2n) is 6.80. The molecule has 0 aromatic heterocycles. The molecule has 1 aromatic rings. The summed E-state index contributed by atoms with van der Waals surface area (Å²) in [5, 5.41) is 0. The average Bonchev–Trinajstić information content (AvgIpc) is 2.53. The first-order chi connectivity index (χ1) is 10.7. The highest BCUT2D eigenvalue weighted by atomic mass is 16.6. The zero-order valence-electron chi connectivity index (χ0n) is 13.1. The van der Waals surface area contributed by atoms with Gasteiger partial charge in [0.05, 0.1) is 0 Å². The first kappa shape index (κ1) is 14.1. The molecular formula is C18H23NO3. The van der Waals surface area contributed by atoms with Crippen molar-refractivity contribution in [3.05, 3.63) is 23.8 Å². The Kier molecular flexibility index (Phi) is 3.57. The number of Topliss-reactive ketones (excluding diaryl/α,β-unsaturated/α-hetero) is 1. The lowest BCUT2D eigenvalue weighted by Crippen LogP contribution is -2.51. The predicted octanol–water partition coefficient (Wildman–Crippen LogP) is 2.90. The van der Waals surface area contributed by atoms with Crippen LogP contribution in [0.2, 0.25) is 0 Å². The molecule has 22 heavy (non-hydrogen) atoms. The molecule has 3 aliphatic heterocycles. The van der Waals surface area contributed by atoms with Crippen molar-refractivity contribution >= 4 is 5.78 Å². The van der Waals surface area contributed by atoms with Gasteiger partial charge in [-0.2, -0.15) is 0 Å². The van der Waals surface area contributed by atoms with Crippen molar-refractivity contribution in [3.8, 4) is 11.5 Å². The van der Waals surface area contributed by atoms with E-state index in [0.717, 1.165) is 24.2 Å². The Hall–Kier alpha value is -1.55. The monoisotopic (exact) mass is 301 g/mol. The standard InChI is InChI=1S/C18H23NO3/c1-19-14-3-2-4-15(19)10-13(9-14)18(20)12-5-6-16-17(11-12)22-8-7-21-16/h5-6,11,13-15H,2-4,7-10H2,1H3. The van der Waals surface area contributed by atoms with Crippen molar-refractivity contribution < 1.29 is 14.3 Å². The number of rotatable bonds is 2. The Bertz CT molecular complexity index is 572. The summed E-state index contributed by atoms with van der Waals surface area (Å²) in [5.41, 5.74) is 0.775. The van der Waals surface area contributed by atoms with Crippen LogP contribution in [0.25, 0.3) is 0 Å². The Labute approximate surface area is 131 Å². The van der Waals surface area contributed by atoms with E-state index in [1.165, 1.54) is 19.3 Å². The molecule has 0 N–H and O–H groups in total. The second kappa shape index (κ2) is 5.58. The first-order valence-electron chi connectivity index (χ1n) is 8.38. The highest BCUT2D eigenvalue weighted by molar-refractivity contribution is 5.98. The number of ether oxygens (including phenoxy) is 2. The molecule has 2 bridgehead atoms. The van der Waals surface area contributed by atoms with E-state index in [9.17, 15) is 4.79 Å². The fourth-order valence-corrected chi connectivity index (χ4v) is 4.26. The third-order valence-corrected chi connectivity index (χ3v) is 5.54. The Balaban J connectivity index is 1.54. The molecule has 0 radical (unpaired) electrons. The molecule has 3 heterocycles. The van der Waals surface area contributed by atoms with Crippen LogP contribution in [-0.4, -0.2) is 43.0 Å². The van der Waals surface area contributed by atoms with Gasteiger partial charge < -0.3 is 14.4 Å². The fourth-order valence-electron chi connectivity index (χ4n) is 4.26. The Morgan fingerprint density at radius 2 is 1.77 bits per heavy atom. The summed E-state index contributed by atoms with van der Waals surface area (Å²) in [6.45, 7) is 1.14. The maximum atomic E-state index is 12.9. The molecule has 4 nitrogen and oxygen atoms in total. The van der Waals surface area contributed by atoms with Gasteiger partial charge in [-0.1, -0.05) is 6.42 Å². The number of benzene rings is 1. The molecule has 0 saturated carbocycles. The molecule has 0 aliphatic carbocycles. The van der Waals surface area contributed by atoms with Gasteiger partial charge in [0.15, 0.2) is 17.3 Å². The van der Waals surface area contributed by atoms with Crippen LogP contribution in [0.1, 0.15) is 42.5 Å². The average molecular weight is 301 g/mol. The molecule has 0 amide bonds. The van der Waals surface area contributed by atoms with Gasteiger partial charge in [-0.05, 0) is 50.9 Å². The van der Waals surface area contributed by atoms with Crippen LogP contribution in [0.3, 0.4) is 0 Å². The molecule has 118 valence electrons. The van der Waals surface area contributed by atoms with Crippen LogP contribution in [-0.2, 0) is 0 Å². The minimum atomic E-state index is 0.161. The van der Waals surface area contributed by atoms with Gasteiger partial charge in [-0.25, -0.2) is 0 Å². The molecule has 1 aromatic carbocycles. The lowest BCUT2D eigenvalue weighted by Gasteiger charge is -2.46. The number of hydrogen-bond donors (Lipinski definition) is 0. The molecular weight excluding hydrogens is 278 g/mol. The predicted molar refractivity (Wildman–Crippen MR) is 83.7 cm³/mol. The molecule has 3 aliphatic rings. The van der Waals surface area contributed by atoms with Gasteiger partial charge in [-0.15, -0.1) is 0 Å². The zero-order valence-corrected chi connectivity index (χ0v) is 13.1. The van der Waals surface area contributed by atoms with Crippen molar-refractivity contribution in [2.45, 2.75) is 44.2 Å². The van der Waals surface area contributed by atoms with Gasteiger partial charge in [0.25, 0.3) is 0 Å². The van der Waals surface area contributed by atoms with Gasteiger partial charge in [-0.3, -0.25) is 4.79 Å². The van der Waals surface area contributed by atoms with Crippen molar-refractivity contribution in [2.24, 2.45) is 5.92 Å². The van der Waals surface area contributed by atoms with Crippen LogP contribution in [0.5, 0.6) is 11.5 Å². The Morgan fingerprint density at radius 1 is 1.09 bits per heavy atom. The fraction of sp³-hybridized carbons (Fsp3) is 0.611. The molecule has 2 unspecified atom stereocenters. The van der Waals surface area contributed by atoms with E-state index in [0.29, 0.717) is 31.0 Å². The van der Waals surface area contributed by atoms with E-state index in [1.807, 2.05) is 18.2 Å². The van der Waals surface area contributed by atoms with Gasteiger partial charge in [0.2, 0.25) is 0 Å². The number of fused-ring (bicyclic) bond motifs is 3. The maximum absolute atomic E-state index is 12.9. The van der Waals surface area contributed by atoms with E-state index >= 15 is 0 Å². The topological polar surface area (TPSA) is 38.8 Å². The number of carbonyl (C=O) groups is 1. The van der Waals surface area contributed by atoms with Gasteiger partial charge in [0, 0.05) is 23.6 Å². The summed E-state index contributed by atoms with van der Waals surface area (Å²) in [5.74, 6) is 1.91. The van der Waals surface area contributed by atoms with E-state index in [2.05, 4.69) is 11.9 Å². The van der Waals surface area contributed by atoms with Gasteiger partial charge in [0.1, 0.15) is 13.2 Å². The smallest absolute Gasteiger partial charge is 0.166 e. The number of ketones is 1. The summed E-state index contributed by atoms with van der Waals surface area (Å²) < 4.78 is 11.1. The van der Waals surface area contributed by atoms with E-state index in [1.54, 1.807) is 0 Å². The van der Waals surface area contributed by atoms with E-state index in [-0.39, 0.29) is 11.7 Å². The van der Waals surface area contributed by atoms with E-state index < -0.39 is 0 Å². The molecule has 4 rings (SSSR count). The Morgan fingerprint density at radius 3 is 2.50 bits per heavy atom. The summed E-state index contributed by atoms with van der Waals surface area (Å²) in [6.07, 6.45) is 5.78. The highest BCUT2D eigenvalue weighted by Crippen LogP contribution is 2.38. The largest absolute Gasteiger partial charge is 0.486 e. The summed E-state index contributed by atoms with van der Waals surface area (Å²) in [6, 6.07) is 6.80. The van der Waals surface area contributed by atoms with Crippen LogP contribution >= 0.6 is 0 Å². The molecule has 0 spiro atoms. The molecule has 2 atom stereocenters. The summed E-state index contributed by atoms with van der Waals surface area (Å²) in [7, 11) is 2.22. The molecule has 4 heteroatoms. The van der Waals surface area contributed by atoms with E-state index in [4.69, 9.17) is 9.47 Å². The minimum Gasteiger partial charge on any atom is -0.486 e. The number of hydrogen-bond acceptors (Lipinski definition) is 4. The third-order valence-electron chi connectivity index (χ3n) is 5.54. The lowest BCUT2D eigenvalue weighted by molar-refractivity contribution is 0.0338. The summed E-state index contributed by atoms with van der Waals surface area (Å²) >= 11 is 0. The minimum absolute atomic E-state index is 0.161. The number of nitrogens with zero attached hydrogens (tertiary/aromatic N) is 1.